The molecule has 6 nitrogen and oxygen atoms in total. The molecule has 1 aromatic carbocycles. The van der Waals surface area contributed by atoms with Gasteiger partial charge in [0, 0.05) is 30.5 Å². The summed E-state index contributed by atoms with van der Waals surface area (Å²) in [7, 11) is 2.05. The number of morpholine rings is 1. The topological polar surface area (TPSA) is 56.8 Å². The van der Waals surface area contributed by atoms with E-state index in [1.807, 2.05) is 12.1 Å². The van der Waals surface area contributed by atoms with Gasteiger partial charge in [-0.1, -0.05) is 0 Å². The maximum atomic E-state index is 12.3. The molecule has 1 atom stereocenters. The molecule has 3 rings (SSSR count). The Bertz CT molecular complexity index is 535. The van der Waals surface area contributed by atoms with Gasteiger partial charge < -0.3 is 20.3 Å². The van der Waals surface area contributed by atoms with Crippen LogP contribution in [0.15, 0.2) is 24.3 Å². The molecule has 2 N–H and O–H groups in total. The minimum absolute atomic E-state index is 0.0545. The summed E-state index contributed by atoms with van der Waals surface area (Å²) in [5, 5.41) is 6.44. The smallest absolute Gasteiger partial charge is 0.238 e. The lowest BCUT2D eigenvalue weighted by Gasteiger charge is -2.29. The van der Waals surface area contributed by atoms with Gasteiger partial charge in [0.2, 0.25) is 5.91 Å². The maximum absolute atomic E-state index is 12.3. The van der Waals surface area contributed by atoms with E-state index >= 15 is 0 Å². The van der Waals surface area contributed by atoms with Crippen LogP contribution in [0.5, 0.6) is 0 Å². The number of ether oxygens (including phenoxy) is 1. The first kappa shape index (κ1) is 18.2. The largest absolute Gasteiger partial charge is 0.378 e. The Hall–Kier alpha value is -1.63. The van der Waals surface area contributed by atoms with Gasteiger partial charge in [0.1, 0.15) is 0 Å². The quantitative estimate of drug-likeness (QED) is 0.847. The van der Waals surface area contributed by atoms with Gasteiger partial charge in [0.25, 0.3) is 0 Å². The van der Waals surface area contributed by atoms with Crippen molar-refractivity contribution in [2.75, 3.05) is 63.2 Å². The molecular formula is C19H30N4O2. The second kappa shape index (κ2) is 9.17. The highest BCUT2D eigenvalue weighted by Gasteiger charge is 2.19. The second-order valence-corrected chi connectivity index (χ2v) is 6.94. The minimum atomic E-state index is 0.0545. The SMILES string of the molecule is CN(CC(=O)Nc1ccc(N2CCOCC2)cc1)C1CCCNCC1. The van der Waals surface area contributed by atoms with Gasteiger partial charge >= 0.3 is 0 Å². The zero-order valence-electron chi connectivity index (χ0n) is 15.2. The van der Waals surface area contributed by atoms with Gasteiger partial charge in [0.05, 0.1) is 19.8 Å². The summed E-state index contributed by atoms with van der Waals surface area (Å²) >= 11 is 0. The van der Waals surface area contributed by atoms with Crippen LogP contribution in [0.1, 0.15) is 19.3 Å². The zero-order chi connectivity index (χ0) is 17.5. The van der Waals surface area contributed by atoms with Gasteiger partial charge in [-0.15, -0.1) is 0 Å². The average molecular weight is 346 g/mol. The Morgan fingerprint density at radius 2 is 2.00 bits per heavy atom. The Labute approximate surface area is 150 Å². The molecule has 2 aliphatic heterocycles. The van der Waals surface area contributed by atoms with Crippen LogP contribution in [-0.2, 0) is 9.53 Å². The van der Waals surface area contributed by atoms with Crippen molar-refractivity contribution in [1.82, 2.24) is 10.2 Å². The summed E-state index contributed by atoms with van der Waals surface area (Å²) in [6, 6.07) is 8.60. The first-order valence-corrected chi connectivity index (χ1v) is 9.36. The molecule has 25 heavy (non-hydrogen) atoms. The van der Waals surface area contributed by atoms with E-state index in [1.165, 1.54) is 12.1 Å². The van der Waals surface area contributed by atoms with E-state index in [-0.39, 0.29) is 5.91 Å². The fourth-order valence-corrected chi connectivity index (χ4v) is 3.57. The number of hydrogen-bond acceptors (Lipinski definition) is 5. The molecule has 2 aliphatic rings. The first-order chi connectivity index (χ1) is 12.2. The number of carbonyl (C=O) groups excluding carboxylic acids is 1. The molecule has 2 saturated heterocycles. The lowest BCUT2D eigenvalue weighted by Crippen LogP contribution is -2.38. The highest BCUT2D eigenvalue weighted by atomic mass is 16.5. The zero-order valence-corrected chi connectivity index (χ0v) is 15.2. The van der Waals surface area contributed by atoms with Crippen LogP contribution in [-0.4, -0.2) is 69.8 Å². The third-order valence-electron chi connectivity index (χ3n) is 5.09. The Morgan fingerprint density at radius 3 is 2.76 bits per heavy atom. The minimum Gasteiger partial charge on any atom is -0.378 e. The van der Waals surface area contributed by atoms with Crippen molar-refractivity contribution in [3.8, 4) is 0 Å². The van der Waals surface area contributed by atoms with E-state index in [0.717, 1.165) is 57.9 Å². The van der Waals surface area contributed by atoms with Gasteiger partial charge in [0.15, 0.2) is 0 Å². The van der Waals surface area contributed by atoms with E-state index in [0.29, 0.717) is 12.6 Å². The van der Waals surface area contributed by atoms with E-state index in [2.05, 4.69) is 39.6 Å². The molecule has 2 fully saturated rings. The lowest BCUT2D eigenvalue weighted by molar-refractivity contribution is -0.117. The number of benzene rings is 1. The molecule has 0 spiro atoms. The maximum Gasteiger partial charge on any atom is 0.238 e. The van der Waals surface area contributed by atoms with E-state index in [9.17, 15) is 4.79 Å². The Kier molecular flexibility index (Phi) is 6.67. The molecule has 2 heterocycles. The number of hydrogen-bond donors (Lipinski definition) is 2. The predicted molar refractivity (Wildman–Crippen MR) is 101 cm³/mol. The van der Waals surface area contributed by atoms with Crippen LogP contribution >= 0.6 is 0 Å². The molecule has 6 heteroatoms. The second-order valence-electron chi connectivity index (χ2n) is 6.94. The summed E-state index contributed by atoms with van der Waals surface area (Å²) < 4.78 is 5.39. The third kappa shape index (κ3) is 5.42. The highest BCUT2D eigenvalue weighted by Crippen LogP contribution is 2.19. The number of rotatable bonds is 5. The van der Waals surface area contributed by atoms with Crippen molar-refractivity contribution in [3.63, 3.8) is 0 Å². The van der Waals surface area contributed by atoms with Gasteiger partial charge in [-0.05, 0) is 63.7 Å². The molecule has 0 aromatic heterocycles. The molecule has 0 saturated carbocycles. The van der Waals surface area contributed by atoms with Crippen molar-refractivity contribution in [2.45, 2.75) is 25.3 Å². The molecule has 0 bridgehead atoms. The Morgan fingerprint density at radius 1 is 1.24 bits per heavy atom. The summed E-state index contributed by atoms with van der Waals surface area (Å²) in [6.07, 6.45) is 3.45. The number of nitrogens with one attached hydrogen (secondary N) is 2. The average Bonchev–Trinajstić information content (AvgIpc) is 2.92. The van der Waals surface area contributed by atoms with Crippen LogP contribution < -0.4 is 15.5 Å². The summed E-state index contributed by atoms with van der Waals surface area (Å²) in [6.45, 7) is 5.98. The number of amides is 1. The van der Waals surface area contributed by atoms with E-state index in [4.69, 9.17) is 4.74 Å². The molecular weight excluding hydrogens is 316 g/mol. The molecule has 0 radical (unpaired) electrons. The van der Waals surface area contributed by atoms with Crippen LogP contribution in [0.4, 0.5) is 11.4 Å². The van der Waals surface area contributed by atoms with Gasteiger partial charge in [-0.25, -0.2) is 0 Å². The monoisotopic (exact) mass is 346 g/mol. The highest BCUT2D eigenvalue weighted by molar-refractivity contribution is 5.92. The van der Waals surface area contributed by atoms with Crippen LogP contribution in [0.2, 0.25) is 0 Å². The molecule has 0 aliphatic carbocycles. The molecule has 138 valence electrons. The van der Waals surface area contributed by atoms with Crippen molar-refractivity contribution in [3.05, 3.63) is 24.3 Å². The first-order valence-electron chi connectivity index (χ1n) is 9.36. The van der Waals surface area contributed by atoms with E-state index in [1.54, 1.807) is 0 Å². The molecule has 1 unspecified atom stereocenters. The van der Waals surface area contributed by atoms with E-state index < -0.39 is 0 Å². The third-order valence-corrected chi connectivity index (χ3v) is 5.09. The van der Waals surface area contributed by atoms with Crippen LogP contribution in [0.3, 0.4) is 0 Å². The summed E-state index contributed by atoms with van der Waals surface area (Å²) in [5.74, 6) is 0.0545. The number of anilines is 2. The molecule has 1 aromatic rings. The summed E-state index contributed by atoms with van der Waals surface area (Å²) in [4.78, 5) is 16.8. The lowest BCUT2D eigenvalue weighted by atomic mass is 10.1. The van der Waals surface area contributed by atoms with Crippen molar-refractivity contribution < 1.29 is 9.53 Å². The number of carbonyl (C=O) groups is 1. The van der Waals surface area contributed by atoms with Crippen molar-refractivity contribution in [1.29, 1.82) is 0 Å². The standard InChI is InChI=1S/C19H30N4O2/c1-22(17-3-2-9-20-10-8-17)15-19(24)21-16-4-6-18(7-5-16)23-11-13-25-14-12-23/h4-7,17,20H,2-3,8-15H2,1H3,(H,21,24). The van der Waals surface area contributed by atoms with Gasteiger partial charge in [-0.3, -0.25) is 9.69 Å². The summed E-state index contributed by atoms with van der Waals surface area (Å²) in [5.41, 5.74) is 2.04. The molecule has 1 amide bonds. The van der Waals surface area contributed by atoms with Crippen molar-refractivity contribution >= 4 is 17.3 Å². The van der Waals surface area contributed by atoms with Crippen LogP contribution in [0, 0.1) is 0 Å². The fraction of sp³-hybridized carbons (Fsp3) is 0.632. The normalized spacial score (nSPS) is 21.8. The number of nitrogens with zero attached hydrogens (tertiary/aromatic N) is 2. The van der Waals surface area contributed by atoms with Gasteiger partial charge in [-0.2, -0.15) is 0 Å². The Balaban J connectivity index is 1.48. The number of likely N-dealkylation sites (N-methyl/N-ethyl adjacent to an activating group) is 1. The fourth-order valence-electron chi connectivity index (χ4n) is 3.57. The van der Waals surface area contributed by atoms with Crippen LogP contribution in [0.25, 0.3) is 0 Å². The van der Waals surface area contributed by atoms with Crippen molar-refractivity contribution in [2.24, 2.45) is 0 Å². The predicted octanol–water partition coefficient (Wildman–Crippen LogP) is 1.54.